The molecule has 2 aromatic rings. The van der Waals surface area contributed by atoms with E-state index in [1.54, 1.807) is 17.7 Å². The fourth-order valence-electron chi connectivity index (χ4n) is 1.51. The topological polar surface area (TPSA) is 74.5 Å². The molecule has 0 fully saturated rings. The van der Waals surface area contributed by atoms with Gasteiger partial charge in [-0.1, -0.05) is 5.92 Å². The van der Waals surface area contributed by atoms with E-state index in [1.165, 1.54) is 6.33 Å². The molecular formula is C11H8N4O. The highest BCUT2D eigenvalue weighted by Crippen LogP contribution is 2.13. The van der Waals surface area contributed by atoms with Gasteiger partial charge in [0.05, 0.1) is 18.4 Å². The van der Waals surface area contributed by atoms with Crippen molar-refractivity contribution < 1.29 is 0 Å². The molecule has 0 saturated heterocycles. The van der Waals surface area contributed by atoms with Crippen LogP contribution in [0.3, 0.4) is 0 Å². The molecule has 0 bridgehead atoms. The molecule has 2 heterocycles. The summed E-state index contributed by atoms with van der Waals surface area (Å²) < 4.78 is 1.64. The van der Waals surface area contributed by atoms with Crippen LogP contribution in [0.15, 0.2) is 17.3 Å². The molecule has 5 heteroatoms. The quantitative estimate of drug-likeness (QED) is 0.704. The average molecular weight is 212 g/mol. The molecule has 0 unspecified atom stereocenters. The van der Waals surface area contributed by atoms with Crippen molar-refractivity contribution in [1.29, 1.82) is 5.26 Å². The first-order valence-electron chi connectivity index (χ1n) is 4.64. The molecule has 0 amide bonds. The molecule has 0 spiro atoms. The number of nitriles is 1. The van der Waals surface area contributed by atoms with Gasteiger partial charge in [-0.15, -0.1) is 5.92 Å². The average Bonchev–Trinajstić information content (AvgIpc) is 2.66. The van der Waals surface area contributed by atoms with Crippen LogP contribution < -0.4 is 5.56 Å². The Bertz CT molecular complexity index is 691. The van der Waals surface area contributed by atoms with E-state index in [0.717, 1.165) is 0 Å². The first-order chi connectivity index (χ1) is 7.77. The molecule has 0 aliphatic rings. The van der Waals surface area contributed by atoms with Gasteiger partial charge in [-0.05, 0) is 6.92 Å². The number of H-pyrrole nitrogens is 1. The van der Waals surface area contributed by atoms with Gasteiger partial charge in [-0.3, -0.25) is 4.79 Å². The summed E-state index contributed by atoms with van der Waals surface area (Å²) in [7, 11) is 0. The molecule has 2 rings (SSSR count). The van der Waals surface area contributed by atoms with Crippen LogP contribution in [0.4, 0.5) is 0 Å². The number of aromatic amines is 1. The molecule has 2 aromatic heterocycles. The Morgan fingerprint density at radius 3 is 3.12 bits per heavy atom. The smallest absolute Gasteiger partial charge is 0.275 e. The number of aromatic nitrogens is 3. The minimum Gasteiger partial charge on any atom is -0.329 e. The molecular weight excluding hydrogens is 204 g/mol. The van der Waals surface area contributed by atoms with Gasteiger partial charge in [0.2, 0.25) is 0 Å². The summed E-state index contributed by atoms with van der Waals surface area (Å²) >= 11 is 0. The van der Waals surface area contributed by atoms with E-state index in [9.17, 15) is 4.79 Å². The normalized spacial score (nSPS) is 9.50. The Morgan fingerprint density at radius 1 is 1.62 bits per heavy atom. The third kappa shape index (κ3) is 1.45. The van der Waals surface area contributed by atoms with Gasteiger partial charge in [-0.25, -0.2) is 4.98 Å². The summed E-state index contributed by atoms with van der Waals surface area (Å²) in [6.07, 6.45) is 2.89. The van der Waals surface area contributed by atoms with E-state index in [0.29, 0.717) is 23.1 Å². The molecule has 78 valence electrons. The monoisotopic (exact) mass is 212 g/mol. The lowest BCUT2D eigenvalue weighted by atomic mass is 10.3. The number of nitrogens with one attached hydrogen (secondary N) is 1. The number of rotatable bonds is 1. The minimum atomic E-state index is -0.260. The molecule has 0 aliphatic carbocycles. The first-order valence-corrected chi connectivity index (χ1v) is 4.64. The summed E-state index contributed by atoms with van der Waals surface area (Å²) in [5.41, 5.74) is 0.939. The maximum Gasteiger partial charge on any atom is 0.275 e. The fraction of sp³-hybridized carbons (Fsp3) is 0.182. The largest absolute Gasteiger partial charge is 0.329 e. The molecule has 0 atom stereocenters. The van der Waals surface area contributed by atoms with Crippen molar-refractivity contribution in [2.75, 3.05) is 0 Å². The maximum atomic E-state index is 11.6. The second-order valence-corrected chi connectivity index (χ2v) is 3.14. The highest BCUT2D eigenvalue weighted by Gasteiger charge is 2.11. The van der Waals surface area contributed by atoms with Crippen LogP contribution in [-0.4, -0.2) is 14.5 Å². The molecule has 0 aliphatic heterocycles. The van der Waals surface area contributed by atoms with E-state index in [4.69, 9.17) is 5.26 Å². The van der Waals surface area contributed by atoms with Crippen molar-refractivity contribution in [2.45, 2.75) is 13.5 Å². The third-order valence-electron chi connectivity index (χ3n) is 2.20. The van der Waals surface area contributed by atoms with Gasteiger partial charge in [0, 0.05) is 6.20 Å². The zero-order valence-electron chi connectivity index (χ0n) is 8.61. The molecule has 5 nitrogen and oxygen atoms in total. The Kier molecular flexibility index (Phi) is 2.45. The second kappa shape index (κ2) is 3.92. The number of hydrogen-bond acceptors (Lipinski definition) is 3. The number of hydrogen-bond donors (Lipinski definition) is 1. The lowest BCUT2D eigenvalue weighted by Gasteiger charge is -1.96. The molecule has 0 radical (unpaired) electrons. The predicted octanol–water partition coefficient (Wildman–Crippen LogP) is 0.620. The van der Waals surface area contributed by atoms with Crippen LogP contribution in [0.5, 0.6) is 0 Å². The van der Waals surface area contributed by atoms with Gasteiger partial charge < -0.3 is 9.55 Å². The van der Waals surface area contributed by atoms with E-state index >= 15 is 0 Å². The van der Waals surface area contributed by atoms with Crippen molar-refractivity contribution in [3.63, 3.8) is 0 Å². The van der Waals surface area contributed by atoms with Gasteiger partial charge in [0.15, 0.2) is 0 Å². The molecule has 0 saturated carbocycles. The highest BCUT2D eigenvalue weighted by atomic mass is 16.1. The Balaban J connectivity index is 2.79. The molecule has 0 aromatic carbocycles. The van der Waals surface area contributed by atoms with Crippen LogP contribution in [0, 0.1) is 23.2 Å². The van der Waals surface area contributed by atoms with Crippen LogP contribution >= 0.6 is 0 Å². The van der Waals surface area contributed by atoms with E-state index < -0.39 is 0 Å². The van der Waals surface area contributed by atoms with Gasteiger partial charge in [0.1, 0.15) is 17.1 Å². The molecule has 1 N–H and O–H groups in total. The maximum absolute atomic E-state index is 11.6. The lowest BCUT2D eigenvalue weighted by Crippen LogP contribution is -2.10. The van der Waals surface area contributed by atoms with Gasteiger partial charge in [0.25, 0.3) is 5.56 Å². The SMILES string of the molecule is CC#CCn1cc(C#N)c2nc[nH]c(=O)c21. The Morgan fingerprint density at radius 2 is 2.44 bits per heavy atom. The minimum absolute atomic E-state index is 0.260. The van der Waals surface area contributed by atoms with Crippen molar-refractivity contribution in [3.8, 4) is 17.9 Å². The first kappa shape index (κ1) is 10.0. The third-order valence-corrected chi connectivity index (χ3v) is 2.20. The summed E-state index contributed by atoms with van der Waals surface area (Å²) in [6.45, 7) is 2.10. The van der Waals surface area contributed by atoms with Crippen molar-refractivity contribution in [1.82, 2.24) is 14.5 Å². The van der Waals surface area contributed by atoms with Gasteiger partial charge >= 0.3 is 0 Å². The predicted molar refractivity (Wildman–Crippen MR) is 58.5 cm³/mol. The van der Waals surface area contributed by atoms with E-state index in [-0.39, 0.29) is 5.56 Å². The van der Waals surface area contributed by atoms with Crippen molar-refractivity contribution >= 4 is 11.0 Å². The highest BCUT2D eigenvalue weighted by molar-refractivity contribution is 5.81. The van der Waals surface area contributed by atoms with Crippen LogP contribution in [0.1, 0.15) is 12.5 Å². The van der Waals surface area contributed by atoms with Crippen LogP contribution in [-0.2, 0) is 6.54 Å². The Hall–Kier alpha value is -2.53. The summed E-state index contributed by atoms with van der Waals surface area (Å²) in [4.78, 5) is 18.1. The number of fused-ring (bicyclic) bond motifs is 1. The van der Waals surface area contributed by atoms with Crippen LogP contribution in [0.25, 0.3) is 11.0 Å². The fourth-order valence-corrected chi connectivity index (χ4v) is 1.51. The Labute approximate surface area is 91.3 Å². The second-order valence-electron chi connectivity index (χ2n) is 3.14. The van der Waals surface area contributed by atoms with Crippen molar-refractivity contribution in [3.05, 3.63) is 28.4 Å². The van der Waals surface area contributed by atoms with Crippen molar-refractivity contribution in [2.24, 2.45) is 0 Å². The summed E-state index contributed by atoms with van der Waals surface area (Å²) in [6, 6.07) is 2.01. The summed E-state index contributed by atoms with van der Waals surface area (Å²) in [5, 5.41) is 8.91. The van der Waals surface area contributed by atoms with E-state index in [1.807, 2.05) is 6.07 Å². The summed E-state index contributed by atoms with van der Waals surface area (Å²) in [5.74, 6) is 5.59. The lowest BCUT2D eigenvalue weighted by molar-refractivity contribution is 0.875. The van der Waals surface area contributed by atoms with Gasteiger partial charge in [-0.2, -0.15) is 5.26 Å². The number of nitrogens with zero attached hydrogens (tertiary/aromatic N) is 3. The van der Waals surface area contributed by atoms with Crippen LogP contribution in [0.2, 0.25) is 0 Å². The molecule has 16 heavy (non-hydrogen) atoms. The standard InChI is InChI=1S/C11H8N4O/c1-2-3-4-15-6-8(5-12)9-10(15)11(16)14-7-13-9/h6-7H,4H2,1H3,(H,13,14,16). The zero-order valence-corrected chi connectivity index (χ0v) is 8.61. The van der Waals surface area contributed by atoms with E-state index in [2.05, 4.69) is 21.8 Å². The zero-order chi connectivity index (χ0) is 11.5.